The molecule has 0 aromatic carbocycles. The van der Waals surface area contributed by atoms with Crippen LogP contribution in [0.1, 0.15) is 6.42 Å². The van der Waals surface area contributed by atoms with E-state index in [1.54, 1.807) is 0 Å². The predicted molar refractivity (Wildman–Crippen MR) is 174 cm³/mol. The van der Waals surface area contributed by atoms with Crippen LogP contribution in [0, 0.1) is 11.3 Å². The summed E-state index contributed by atoms with van der Waals surface area (Å²) in [5.41, 5.74) is -1.18. The van der Waals surface area contributed by atoms with Crippen molar-refractivity contribution in [1.82, 2.24) is 0 Å². The Labute approximate surface area is 249 Å². The van der Waals surface area contributed by atoms with Gasteiger partial charge in [0.2, 0.25) is 0 Å². The lowest BCUT2D eigenvalue weighted by atomic mass is 9.98. The molecule has 7 atom stereocenters. The fraction of sp³-hybridized carbons (Fsp3) is 0.889. The number of hydrogen-bond acceptors (Lipinski definition) is 8. The van der Waals surface area contributed by atoms with Crippen molar-refractivity contribution in [3.8, 4) is 6.07 Å². The van der Waals surface area contributed by atoms with Crippen molar-refractivity contribution < 1.29 is 31.6 Å². The maximum absolute atomic E-state index is 10.4. The fourth-order valence-electron chi connectivity index (χ4n) is 4.70. The average molecular weight is 648 g/mol. The Bertz CT molecular complexity index is 911. The highest BCUT2D eigenvalue weighted by molar-refractivity contribution is 6.71. The summed E-state index contributed by atoms with van der Waals surface area (Å²) in [5, 5.41) is 10.4. The third-order valence-electron chi connectivity index (χ3n) is 5.85. The van der Waals surface area contributed by atoms with Gasteiger partial charge in [-0.2, -0.15) is 5.26 Å². The molecule has 1 fully saturated rings. The van der Waals surface area contributed by atoms with Crippen LogP contribution in [0.3, 0.4) is 0 Å². The van der Waals surface area contributed by atoms with E-state index < -0.39 is 71.8 Å². The van der Waals surface area contributed by atoms with Crippen LogP contribution in [0.5, 0.6) is 0 Å². The van der Waals surface area contributed by atoms with E-state index in [0.29, 0.717) is 13.0 Å². The van der Waals surface area contributed by atoms with Gasteiger partial charge in [-0.05, 0) is 104 Å². The van der Waals surface area contributed by atoms with Gasteiger partial charge in [0.25, 0.3) is 0 Å². The second-order valence-electron chi connectivity index (χ2n) is 16.0. The lowest BCUT2D eigenvalue weighted by Crippen LogP contribution is -2.67. The van der Waals surface area contributed by atoms with Gasteiger partial charge in [-0.15, -0.1) is 0 Å². The first-order valence-electron chi connectivity index (χ1n) is 14.6. The first-order valence-corrected chi connectivity index (χ1v) is 31.6. The molecule has 0 bridgehead atoms. The Kier molecular flexibility index (Phi) is 11.7. The Morgan fingerprint density at radius 3 is 1.62 bits per heavy atom. The SMILES string of the molecule is C[Si](C)(C)OC[C@H]1O[C@@H](O[C@]2(C#N)C=C[C@H](O[Si](C)(C)C)C2)[C@H](O[Si](C)(C)C)[C@@H](O[Si](C)(C)C)[C@@H]1O[Si](C)(C)C. The third-order valence-corrected chi connectivity index (χ3v) is 10.8. The van der Waals surface area contributed by atoms with Crippen LogP contribution in [0.2, 0.25) is 98.2 Å². The second kappa shape index (κ2) is 12.9. The van der Waals surface area contributed by atoms with Gasteiger partial charge in [-0.25, -0.2) is 0 Å². The number of ether oxygens (including phenoxy) is 2. The Morgan fingerprint density at radius 1 is 0.700 bits per heavy atom. The monoisotopic (exact) mass is 647 g/mol. The first-order chi connectivity index (χ1) is 17.8. The Hall–Kier alpha value is 0.0344. The standard InChI is InChI=1S/C27H57NO7Si5/c1-36(2,3)29-19-22-23(33-38(7,8)9)24(34-39(10,11)12)25(35-40(13,14)15)26(30-22)31-27(20-28)17-16-21(18-27)32-37(4,5)6/h16-17,21-26H,18-19H2,1-15H3/t21-,22+,23+,24-,25+,26-,27+/m0/s1. The van der Waals surface area contributed by atoms with Crippen LogP contribution in [0.25, 0.3) is 0 Å². The van der Waals surface area contributed by atoms with E-state index in [0.717, 1.165) is 0 Å². The minimum atomic E-state index is -2.11. The molecule has 1 heterocycles. The summed E-state index contributed by atoms with van der Waals surface area (Å²) < 4.78 is 46.7. The molecular formula is C27H57NO7Si5. The average Bonchev–Trinajstić information content (AvgIpc) is 3.09. The van der Waals surface area contributed by atoms with Gasteiger partial charge in [0.05, 0.1) is 12.7 Å². The summed E-state index contributed by atoms with van der Waals surface area (Å²) in [7, 11) is -9.89. The molecular weight excluding hydrogens is 591 g/mol. The number of nitriles is 1. The Morgan fingerprint density at radius 2 is 1.18 bits per heavy atom. The van der Waals surface area contributed by atoms with E-state index in [9.17, 15) is 5.26 Å². The predicted octanol–water partition coefficient (Wildman–Crippen LogP) is 6.68. The van der Waals surface area contributed by atoms with E-state index in [4.69, 9.17) is 31.6 Å². The minimum Gasteiger partial charge on any atom is -0.415 e. The molecule has 232 valence electrons. The van der Waals surface area contributed by atoms with Crippen molar-refractivity contribution in [2.45, 2.75) is 147 Å². The van der Waals surface area contributed by atoms with Crippen LogP contribution >= 0.6 is 0 Å². The Balaban J connectivity index is 2.56. The molecule has 0 N–H and O–H groups in total. The van der Waals surface area contributed by atoms with Gasteiger partial charge in [0.1, 0.15) is 30.5 Å². The van der Waals surface area contributed by atoms with Gasteiger partial charge in [0, 0.05) is 6.42 Å². The molecule has 1 aliphatic heterocycles. The highest BCUT2D eigenvalue weighted by atomic mass is 28.4. The van der Waals surface area contributed by atoms with Gasteiger partial charge in [-0.3, -0.25) is 0 Å². The summed E-state index contributed by atoms with van der Waals surface area (Å²) in [6, 6.07) is 2.43. The zero-order valence-electron chi connectivity index (χ0n) is 27.8. The molecule has 40 heavy (non-hydrogen) atoms. The molecule has 0 amide bonds. The molecule has 2 aliphatic rings. The van der Waals surface area contributed by atoms with E-state index in [-0.39, 0.29) is 12.2 Å². The summed E-state index contributed by atoms with van der Waals surface area (Å²) in [4.78, 5) is 0. The summed E-state index contributed by atoms with van der Waals surface area (Å²) >= 11 is 0. The van der Waals surface area contributed by atoms with Crippen molar-refractivity contribution in [1.29, 1.82) is 5.26 Å². The maximum atomic E-state index is 10.4. The summed E-state index contributed by atoms with van der Waals surface area (Å²) in [6.45, 7) is 32.8. The lowest BCUT2D eigenvalue weighted by molar-refractivity contribution is -0.306. The molecule has 0 unspecified atom stereocenters. The molecule has 0 aromatic rings. The van der Waals surface area contributed by atoms with Crippen molar-refractivity contribution in [3.63, 3.8) is 0 Å². The zero-order valence-corrected chi connectivity index (χ0v) is 32.8. The molecule has 0 saturated carbocycles. The third kappa shape index (κ3) is 12.3. The molecule has 8 nitrogen and oxygen atoms in total. The molecule has 0 radical (unpaired) electrons. The van der Waals surface area contributed by atoms with Crippen molar-refractivity contribution in [2.24, 2.45) is 0 Å². The van der Waals surface area contributed by atoms with E-state index in [1.807, 2.05) is 12.2 Å². The number of nitrogens with zero attached hydrogens (tertiary/aromatic N) is 1. The van der Waals surface area contributed by atoms with Gasteiger partial charge >= 0.3 is 0 Å². The van der Waals surface area contributed by atoms with Crippen molar-refractivity contribution >= 4 is 41.6 Å². The van der Waals surface area contributed by atoms with Gasteiger partial charge < -0.3 is 31.6 Å². The van der Waals surface area contributed by atoms with Gasteiger partial charge in [0.15, 0.2) is 53.5 Å². The van der Waals surface area contributed by atoms with Crippen LogP contribution in [0.4, 0.5) is 0 Å². The summed E-state index contributed by atoms with van der Waals surface area (Å²) in [5.74, 6) is 0. The van der Waals surface area contributed by atoms with Crippen molar-refractivity contribution in [2.75, 3.05) is 6.61 Å². The minimum absolute atomic E-state index is 0.172. The molecule has 1 aliphatic carbocycles. The van der Waals surface area contributed by atoms with E-state index in [1.165, 1.54) is 0 Å². The highest BCUT2D eigenvalue weighted by Crippen LogP contribution is 2.39. The maximum Gasteiger partial charge on any atom is 0.187 e. The molecule has 0 aromatic heterocycles. The fourth-order valence-corrected chi connectivity index (χ4v) is 9.69. The first kappa shape index (κ1) is 36.2. The summed E-state index contributed by atoms with van der Waals surface area (Å²) in [6.07, 6.45) is 1.41. The molecule has 0 spiro atoms. The zero-order chi connectivity index (χ0) is 30.9. The molecule has 13 heteroatoms. The molecule has 2 rings (SSSR count). The van der Waals surface area contributed by atoms with Gasteiger partial charge in [-0.1, -0.05) is 6.08 Å². The van der Waals surface area contributed by atoms with Crippen LogP contribution < -0.4 is 0 Å². The number of hydrogen-bond donors (Lipinski definition) is 0. The van der Waals surface area contributed by atoms with Crippen LogP contribution in [-0.4, -0.2) is 90.6 Å². The van der Waals surface area contributed by atoms with E-state index >= 15 is 0 Å². The van der Waals surface area contributed by atoms with Crippen LogP contribution in [0.15, 0.2) is 12.2 Å². The van der Waals surface area contributed by atoms with Crippen LogP contribution in [-0.2, 0) is 31.6 Å². The quantitative estimate of drug-likeness (QED) is 0.162. The topological polar surface area (TPSA) is 88.4 Å². The largest absolute Gasteiger partial charge is 0.415 e. The van der Waals surface area contributed by atoms with Crippen molar-refractivity contribution in [3.05, 3.63) is 12.2 Å². The second-order valence-corrected chi connectivity index (χ2v) is 38.4. The van der Waals surface area contributed by atoms with E-state index in [2.05, 4.69) is 104 Å². The smallest absolute Gasteiger partial charge is 0.187 e. The lowest BCUT2D eigenvalue weighted by Gasteiger charge is -2.51. The molecule has 1 saturated heterocycles. The highest BCUT2D eigenvalue weighted by Gasteiger charge is 2.54. The normalized spacial score (nSPS) is 32.4. The number of rotatable bonds is 13.